The molecule has 9 heavy (non-hydrogen) atoms. The summed E-state index contributed by atoms with van der Waals surface area (Å²) < 4.78 is 1.11. The molecule has 0 saturated heterocycles. The van der Waals surface area contributed by atoms with Crippen LogP contribution in [0.3, 0.4) is 0 Å². The Hall–Kier alpha value is 0.609. The molecule has 1 radical (unpaired) electrons. The van der Waals surface area contributed by atoms with Crippen molar-refractivity contribution in [2.75, 3.05) is 0 Å². The SMILES string of the molecule is S=C([Se])C1CCCCC1. The Morgan fingerprint density at radius 1 is 1.22 bits per heavy atom. The van der Waals surface area contributed by atoms with Gasteiger partial charge in [-0.05, 0) is 0 Å². The van der Waals surface area contributed by atoms with Crippen LogP contribution in [0.1, 0.15) is 32.1 Å². The van der Waals surface area contributed by atoms with Crippen LogP contribution < -0.4 is 0 Å². The minimum absolute atomic E-state index is 0.730. The summed E-state index contributed by atoms with van der Waals surface area (Å²) in [6, 6.07) is 0. The summed E-state index contributed by atoms with van der Waals surface area (Å²) in [5.74, 6) is 0.730. The van der Waals surface area contributed by atoms with Gasteiger partial charge in [-0.2, -0.15) is 0 Å². The molecule has 1 fully saturated rings. The van der Waals surface area contributed by atoms with E-state index in [0.29, 0.717) is 0 Å². The fourth-order valence-electron chi connectivity index (χ4n) is 1.34. The zero-order valence-corrected chi connectivity index (χ0v) is 7.96. The second-order valence-electron chi connectivity index (χ2n) is 2.65. The predicted molar refractivity (Wildman–Crippen MR) is 44.9 cm³/mol. The van der Waals surface area contributed by atoms with Crippen LogP contribution in [0.25, 0.3) is 0 Å². The van der Waals surface area contributed by atoms with E-state index < -0.39 is 0 Å². The van der Waals surface area contributed by atoms with Gasteiger partial charge in [0, 0.05) is 0 Å². The van der Waals surface area contributed by atoms with Crippen LogP contribution in [0.4, 0.5) is 0 Å². The van der Waals surface area contributed by atoms with E-state index in [1.165, 1.54) is 32.1 Å². The van der Waals surface area contributed by atoms with Crippen LogP contribution >= 0.6 is 12.2 Å². The molecule has 1 aliphatic rings. The molecule has 0 heterocycles. The molecule has 51 valence electrons. The minimum atomic E-state index is 0.730. The van der Waals surface area contributed by atoms with Crippen LogP contribution in [-0.4, -0.2) is 19.8 Å². The predicted octanol–water partition coefficient (Wildman–Crippen LogP) is 2.06. The van der Waals surface area contributed by atoms with Crippen molar-refractivity contribution in [2.45, 2.75) is 32.1 Å². The van der Waals surface area contributed by atoms with Crippen molar-refractivity contribution in [2.24, 2.45) is 5.92 Å². The Morgan fingerprint density at radius 2 is 1.78 bits per heavy atom. The van der Waals surface area contributed by atoms with Gasteiger partial charge in [0.25, 0.3) is 0 Å². The molecule has 1 rings (SSSR count). The third kappa shape index (κ3) is 2.37. The second kappa shape index (κ2) is 3.70. The van der Waals surface area contributed by atoms with Crippen molar-refractivity contribution >= 4 is 32.0 Å². The average Bonchev–Trinajstić information content (AvgIpc) is 1.90. The number of rotatable bonds is 1. The molecular formula is C7H11SSe. The molecule has 0 amide bonds. The van der Waals surface area contributed by atoms with E-state index in [1.54, 1.807) is 0 Å². The second-order valence-corrected chi connectivity index (χ2v) is 4.60. The quantitative estimate of drug-likeness (QED) is 0.467. The number of hydrogen-bond donors (Lipinski definition) is 0. The van der Waals surface area contributed by atoms with Gasteiger partial charge in [0.2, 0.25) is 0 Å². The van der Waals surface area contributed by atoms with Gasteiger partial charge >= 0.3 is 70.0 Å². The van der Waals surface area contributed by atoms with Gasteiger partial charge in [0.1, 0.15) is 0 Å². The van der Waals surface area contributed by atoms with E-state index >= 15 is 0 Å². The van der Waals surface area contributed by atoms with Gasteiger partial charge in [0.05, 0.1) is 0 Å². The fourth-order valence-corrected chi connectivity index (χ4v) is 2.07. The third-order valence-corrected chi connectivity index (χ3v) is 2.97. The van der Waals surface area contributed by atoms with Crippen molar-refractivity contribution in [3.8, 4) is 0 Å². The van der Waals surface area contributed by atoms with E-state index in [0.717, 1.165) is 9.68 Å². The zero-order chi connectivity index (χ0) is 6.69. The first-order valence-corrected chi connectivity index (χ1v) is 4.78. The van der Waals surface area contributed by atoms with Crippen molar-refractivity contribution in [1.29, 1.82) is 0 Å². The van der Waals surface area contributed by atoms with Gasteiger partial charge in [-0.25, -0.2) is 0 Å². The van der Waals surface area contributed by atoms with Crippen LogP contribution in [0, 0.1) is 5.92 Å². The molecule has 2 heteroatoms. The molecule has 0 spiro atoms. The topological polar surface area (TPSA) is 0 Å². The molecule has 0 aromatic heterocycles. The first kappa shape index (κ1) is 7.71. The molecule has 0 aromatic rings. The van der Waals surface area contributed by atoms with Crippen molar-refractivity contribution in [3.05, 3.63) is 0 Å². The molecule has 1 saturated carbocycles. The zero-order valence-electron chi connectivity index (χ0n) is 5.43. The van der Waals surface area contributed by atoms with Crippen molar-refractivity contribution in [3.63, 3.8) is 0 Å². The monoisotopic (exact) mass is 207 g/mol. The average molecular weight is 206 g/mol. The van der Waals surface area contributed by atoms with Gasteiger partial charge < -0.3 is 0 Å². The van der Waals surface area contributed by atoms with Crippen molar-refractivity contribution in [1.82, 2.24) is 0 Å². The Bertz CT molecular complexity index is 105. The standard InChI is InChI=1S/C7H11SSe/c8-7(9)6-4-2-1-3-5-6/h6H,1-5H2. The number of hydrogen-bond acceptors (Lipinski definition) is 1. The van der Waals surface area contributed by atoms with E-state index in [-0.39, 0.29) is 0 Å². The van der Waals surface area contributed by atoms with Gasteiger partial charge in [0.15, 0.2) is 0 Å². The number of thiocarbonyl (C=S) groups is 1. The Labute approximate surface area is 70.2 Å². The van der Waals surface area contributed by atoms with Crippen LogP contribution in [0.2, 0.25) is 0 Å². The molecular weight excluding hydrogens is 195 g/mol. The molecule has 0 nitrogen and oxygen atoms in total. The van der Waals surface area contributed by atoms with Crippen molar-refractivity contribution < 1.29 is 0 Å². The molecule has 0 atom stereocenters. The third-order valence-electron chi connectivity index (χ3n) is 1.94. The molecule has 1 aliphatic carbocycles. The summed E-state index contributed by atoms with van der Waals surface area (Å²) in [5, 5.41) is 0. The summed E-state index contributed by atoms with van der Waals surface area (Å²) in [7, 11) is 0. The summed E-state index contributed by atoms with van der Waals surface area (Å²) in [6.07, 6.45) is 6.83. The van der Waals surface area contributed by atoms with E-state index in [1.807, 2.05) is 0 Å². The molecule has 0 aromatic carbocycles. The Morgan fingerprint density at radius 3 is 2.11 bits per heavy atom. The van der Waals surface area contributed by atoms with Gasteiger partial charge in [-0.15, -0.1) is 0 Å². The fraction of sp³-hybridized carbons (Fsp3) is 0.857. The van der Waals surface area contributed by atoms with Crippen LogP contribution in [0.15, 0.2) is 0 Å². The molecule has 0 bridgehead atoms. The Kier molecular flexibility index (Phi) is 3.17. The van der Waals surface area contributed by atoms with E-state index in [4.69, 9.17) is 12.2 Å². The maximum atomic E-state index is 5.06. The van der Waals surface area contributed by atoms with E-state index in [2.05, 4.69) is 16.0 Å². The van der Waals surface area contributed by atoms with Crippen LogP contribution in [0.5, 0.6) is 0 Å². The molecule has 0 aliphatic heterocycles. The van der Waals surface area contributed by atoms with Gasteiger partial charge in [-0.3, -0.25) is 0 Å². The maximum absolute atomic E-state index is 5.06. The first-order chi connectivity index (χ1) is 4.30. The normalized spacial score (nSPS) is 21.8. The summed E-state index contributed by atoms with van der Waals surface area (Å²) >= 11 is 8.00. The van der Waals surface area contributed by atoms with E-state index in [9.17, 15) is 0 Å². The van der Waals surface area contributed by atoms with Gasteiger partial charge in [-0.1, -0.05) is 0 Å². The molecule has 0 N–H and O–H groups in total. The Balaban J connectivity index is 2.31. The summed E-state index contributed by atoms with van der Waals surface area (Å²) in [6.45, 7) is 0. The summed E-state index contributed by atoms with van der Waals surface area (Å²) in [4.78, 5) is 0. The first-order valence-electron chi connectivity index (χ1n) is 3.51. The molecule has 0 unspecified atom stereocenters. The summed E-state index contributed by atoms with van der Waals surface area (Å²) in [5.41, 5.74) is 0. The van der Waals surface area contributed by atoms with Crippen LogP contribution in [-0.2, 0) is 0 Å².